The molecule has 1 fully saturated rings. The number of hydrogen-bond donors (Lipinski definition) is 0. The molecule has 64 valence electrons. The van der Waals surface area contributed by atoms with Crippen molar-refractivity contribution in [3.05, 3.63) is 23.0 Å². The predicted molar refractivity (Wildman–Crippen MR) is 50.8 cm³/mol. The molecule has 12 heavy (non-hydrogen) atoms. The highest BCUT2D eigenvalue weighted by Gasteiger charge is 2.14. The van der Waals surface area contributed by atoms with Crippen LogP contribution in [-0.4, -0.2) is 18.1 Å². The molecule has 1 aliphatic rings. The normalized spacial score (nSPS) is 16.0. The highest BCUT2D eigenvalue weighted by molar-refractivity contribution is 6.30. The van der Waals surface area contributed by atoms with Crippen molar-refractivity contribution in [1.82, 2.24) is 4.98 Å². The van der Waals surface area contributed by atoms with Gasteiger partial charge in [-0.2, -0.15) is 0 Å². The van der Waals surface area contributed by atoms with Crippen LogP contribution in [0.3, 0.4) is 0 Å². The molecular formula is C9H11ClN2. The van der Waals surface area contributed by atoms with Gasteiger partial charge >= 0.3 is 0 Å². The summed E-state index contributed by atoms with van der Waals surface area (Å²) in [6.07, 6.45) is 3.14. The van der Waals surface area contributed by atoms with Gasteiger partial charge in [0.1, 0.15) is 5.15 Å². The van der Waals surface area contributed by atoms with E-state index in [1.807, 2.05) is 13.1 Å². The van der Waals surface area contributed by atoms with Gasteiger partial charge in [-0.3, -0.25) is 0 Å². The molecule has 2 nitrogen and oxygen atoms in total. The van der Waals surface area contributed by atoms with Gasteiger partial charge < -0.3 is 4.90 Å². The summed E-state index contributed by atoms with van der Waals surface area (Å²) in [4.78, 5) is 6.41. The molecule has 0 spiro atoms. The van der Waals surface area contributed by atoms with Crippen molar-refractivity contribution in [1.29, 1.82) is 0 Å². The first-order chi connectivity index (χ1) is 5.77. The van der Waals surface area contributed by atoms with Crippen LogP contribution in [0.5, 0.6) is 0 Å². The summed E-state index contributed by atoms with van der Waals surface area (Å²) in [6.45, 7) is 4.30. The minimum atomic E-state index is 0.610. The number of anilines is 1. The van der Waals surface area contributed by atoms with Crippen LogP contribution in [-0.2, 0) is 0 Å². The van der Waals surface area contributed by atoms with Crippen LogP contribution < -0.4 is 4.90 Å². The second kappa shape index (κ2) is 2.94. The summed E-state index contributed by atoms with van der Waals surface area (Å²) in [7, 11) is 0. The smallest absolute Gasteiger partial charge is 0.132 e. The number of pyridine rings is 1. The quantitative estimate of drug-likeness (QED) is 0.620. The Morgan fingerprint density at radius 3 is 2.75 bits per heavy atom. The zero-order valence-corrected chi connectivity index (χ0v) is 7.80. The maximum atomic E-state index is 5.82. The fourth-order valence-electron chi connectivity index (χ4n) is 1.29. The molecule has 1 aliphatic heterocycles. The molecule has 0 saturated carbocycles. The number of aromatic nitrogens is 1. The lowest BCUT2D eigenvalue weighted by molar-refractivity contribution is 0.616. The van der Waals surface area contributed by atoms with Gasteiger partial charge in [0.05, 0.1) is 11.9 Å². The van der Waals surface area contributed by atoms with Gasteiger partial charge in [0.2, 0.25) is 0 Å². The molecular weight excluding hydrogens is 172 g/mol. The van der Waals surface area contributed by atoms with Crippen LogP contribution in [0.25, 0.3) is 0 Å². The Balaban J connectivity index is 2.27. The van der Waals surface area contributed by atoms with Crippen LogP contribution in [0, 0.1) is 6.92 Å². The zero-order valence-electron chi connectivity index (χ0n) is 7.05. The zero-order chi connectivity index (χ0) is 8.55. The van der Waals surface area contributed by atoms with Crippen LogP contribution in [0.15, 0.2) is 12.3 Å². The van der Waals surface area contributed by atoms with Crippen molar-refractivity contribution in [3.63, 3.8) is 0 Å². The van der Waals surface area contributed by atoms with E-state index in [1.165, 1.54) is 12.1 Å². The first kappa shape index (κ1) is 7.87. The minimum absolute atomic E-state index is 0.610. The molecule has 0 unspecified atom stereocenters. The largest absolute Gasteiger partial charge is 0.370 e. The summed E-state index contributed by atoms with van der Waals surface area (Å²) in [6, 6.07) is 2.09. The fraction of sp³-hybridized carbons (Fsp3) is 0.444. The second-order valence-corrected chi connectivity index (χ2v) is 3.50. The molecule has 1 saturated heterocycles. The van der Waals surface area contributed by atoms with Gasteiger partial charge in [-0.05, 0) is 25.0 Å². The Morgan fingerprint density at radius 1 is 1.50 bits per heavy atom. The predicted octanol–water partition coefficient (Wildman–Crippen LogP) is 2.25. The summed E-state index contributed by atoms with van der Waals surface area (Å²) in [5.41, 5.74) is 2.25. The van der Waals surface area contributed by atoms with E-state index in [1.54, 1.807) is 0 Å². The summed E-state index contributed by atoms with van der Waals surface area (Å²) < 4.78 is 0. The Bertz CT molecular complexity index is 295. The summed E-state index contributed by atoms with van der Waals surface area (Å²) >= 11 is 5.82. The van der Waals surface area contributed by atoms with Crippen LogP contribution >= 0.6 is 11.6 Å². The molecule has 0 bridgehead atoms. The van der Waals surface area contributed by atoms with Crippen molar-refractivity contribution in [2.75, 3.05) is 18.0 Å². The molecule has 0 amide bonds. The van der Waals surface area contributed by atoms with Crippen molar-refractivity contribution >= 4 is 17.3 Å². The van der Waals surface area contributed by atoms with Crippen LogP contribution in [0.2, 0.25) is 5.15 Å². The van der Waals surface area contributed by atoms with E-state index < -0.39 is 0 Å². The third kappa shape index (κ3) is 1.27. The summed E-state index contributed by atoms with van der Waals surface area (Å²) in [5, 5.41) is 0.610. The molecule has 0 aliphatic carbocycles. The van der Waals surface area contributed by atoms with E-state index in [-0.39, 0.29) is 0 Å². The third-order valence-corrected chi connectivity index (χ3v) is 2.62. The maximum Gasteiger partial charge on any atom is 0.132 e. The Labute approximate surface area is 77.2 Å². The Hall–Kier alpha value is -0.760. The van der Waals surface area contributed by atoms with Crippen molar-refractivity contribution in [3.8, 4) is 0 Å². The third-order valence-electron chi connectivity index (χ3n) is 2.22. The van der Waals surface area contributed by atoms with E-state index >= 15 is 0 Å². The van der Waals surface area contributed by atoms with E-state index in [9.17, 15) is 0 Å². The van der Waals surface area contributed by atoms with Gasteiger partial charge in [0, 0.05) is 13.1 Å². The first-order valence-corrected chi connectivity index (χ1v) is 4.52. The lowest BCUT2D eigenvalue weighted by Gasteiger charge is -2.33. The molecule has 0 radical (unpaired) electrons. The van der Waals surface area contributed by atoms with Gasteiger partial charge in [0.15, 0.2) is 0 Å². The van der Waals surface area contributed by atoms with Crippen molar-refractivity contribution in [2.24, 2.45) is 0 Å². The molecule has 3 heteroatoms. The monoisotopic (exact) mass is 182 g/mol. The number of hydrogen-bond acceptors (Lipinski definition) is 2. The van der Waals surface area contributed by atoms with E-state index in [0.717, 1.165) is 18.7 Å². The lowest BCUT2D eigenvalue weighted by atomic mass is 10.2. The number of aryl methyl sites for hydroxylation is 1. The first-order valence-electron chi connectivity index (χ1n) is 4.14. The molecule has 1 aromatic rings. The fourth-order valence-corrected chi connectivity index (χ4v) is 1.39. The Kier molecular flexibility index (Phi) is 1.93. The van der Waals surface area contributed by atoms with Gasteiger partial charge in [0.25, 0.3) is 0 Å². The molecule has 0 aromatic carbocycles. The highest BCUT2D eigenvalue weighted by atomic mass is 35.5. The van der Waals surface area contributed by atoms with Crippen LogP contribution in [0.4, 0.5) is 5.69 Å². The topological polar surface area (TPSA) is 16.1 Å². The molecule has 2 rings (SSSR count). The molecule has 1 aromatic heterocycles. The lowest BCUT2D eigenvalue weighted by Crippen LogP contribution is -2.37. The number of halogens is 1. The van der Waals surface area contributed by atoms with E-state index in [2.05, 4.69) is 16.0 Å². The van der Waals surface area contributed by atoms with Crippen LogP contribution in [0.1, 0.15) is 12.0 Å². The minimum Gasteiger partial charge on any atom is -0.370 e. The second-order valence-electron chi connectivity index (χ2n) is 3.14. The maximum absolute atomic E-state index is 5.82. The van der Waals surface area contributed by atoms with Gasteiger partial charge in [-0.25, -0.2) is 4.98 Å². The number of rotatable bonds is 1. The van der Waals surface area contributed by atoms with Gasteiger partial charge in [-0.1, -0.05) is 11.6 Å². The average Bonchev–Trinajstić information content (AvgIpc) is 1.93. The molecule has 0 atom stereocenters. The van der Waals surface area contributed by atoms with Gasteiger partial charge in [-0.15, -0.1) is 0 Å². The average molecular weight is 183 g/mol. The molecule has 2 heterocycles. The Morgan fingerprint density at radius 2 is 2.25 bits per heavy atom. The van der Waals surface area contributed by atoms with Crippen molar-refractivity contribution < 1.29 is 0 Å². The molecule has 0 N–H and O–H groups in total. The van der Waals surface area contributed by atoms with Crippen molar-refractivity contribution in [2.45, 2.75) is 13.3 Å². The van der Waals surface area contributed by atoms with E-state index in [4.69, 9.17) is 11.6 Å². The SMILES string of the molecule is Cc1cc(N2CCC2)cnc1Cl. The highest BCUT2D eigenvalue weighted by Crippen LogP contribution is 2.23. The van der Waals surface area contributed by atoms with E-state index in [0.29, 0.717) is 5.15 Å². The number of nitrogens with zero attached hydrogens (tertiary/aromatic N) is 2. The summed E-state index contributed by atoms with van der Waals surface area (Å²) in [5.74, 6) is 0. The standard InChI is InChI=1S/C9H11ClN2/c1-7-5-8(6-11-9(7)10)12-3-2-4-12/h5-6H,2-4H2,1H3.